The van der Waals surface area contributed by atoms with Gasteiger partial charge >= 0.3 is 0 Å². The summed E-state index contributed by atoms with van der Waals surface area (Å²) >= 11 is 3.46. The highest BCUT2D eigenvalue weighted by Crippen LogP contribution is 2.31. The first-order valence-electron chi connectivity index (χ1n) is 6.72. The average Bonchev–Trinajstić information content (AvgIpc) is 2.38. The Kier molecular flexibility index (Phi) is 4.84. The van der Waals surface area contributed by atoms with E-state index < -0.39 is 6.10 Å². The summed E-state index contributed by atoms with van der Waals surface area (Å²) in [5.74, 6) is 2.05. The van der Waals surface area contributed by atoms with E-state index in [-0.39, 0.29) is 0 Å². The van der Waals surface area contributed by atoms with Crippen LogP contribution in [-0.4, -0.2) is 5.11 Å². The number of hydrogen-bond acceptors (Lipinski definition) is 2. The summed E-state index contributed by atoms with van der Waals surface area (Å²) in [5, 5.41) is 9.61. The third kappa shape index (κ3) is 3.62. The lowest BCUT2D eigenvalue weighted by Gasteiger charge is -2.12. The minimum Gasteiger partial charge on any atom is -0.457 e. The maximum absolute atomic E-state index is 9.61. The van der Waals surface area contributed by atoms with E-state index in [9.17, 15) is 5.11 Å². The highest BCUT2D eigenvalue weighted by Gasteiger charge is 2.08. The molecule has 3 heteroatoms. The normalized spacial score (nSPS) is 12.5. The van der Waals surface area contributed by atoms with Crippen LogP contribution >= 0.6 is 15.9 Å². The van der Waals surface area contributed by atoms with Crippen LogP contribution in [0.4, 0.5) is 0 Å². The van der Waals surface area contributed by atoms with Crippen molar-refractivity contribution in [3.05, 3.63) is 58.1 Å². The van der Waals surface area contributed by atoms with Crippen molar-refractivity contribution < 1.29 is 9.84 Å². The summed E-state index contributed by atoms with van der Waals surface area (Å²) < 4.78 is 6.72. The maximum Gasteiger partial charge on any atom is 0.128 e. The number of aliphatic hydroxyl groups is 1. The molecule has 0 aliphatic rings. The Labute approximate surface area is 128 Å². The quantitative estimate of drug-likeness (QED) is 0.809. The molecule has 2 aromatic carbocycles. The Balaban J connectivity index is 2.22. The lowest BCUT2D eigenvalue weighted by Crippen LogP contribution is -1.94. The molecule has 106 valence electrons. The van der Waals surface area contributed by atoms with E-state index in [2.05, 4.69) is 41.9 Å². The Morgan fingerprint density at radius 2 is 1.70 bits per heavy atom. The number of ether oxygens (including phenoxy) is 1. The first-order valence-corrected chi connectivity index (χ1v) is 7.52. The molecule has 0 fully saturated rings. The molecule has 0 aliphatic carbocycles. The van der Waals surface area contributed by atoms with Crippen molar-refractivity contribution in [2.75, 3.05) is 0 Å². The number of benzene rings is 2. The molecule has 20 heavy (non-hydrogen) atoms. The zero-order valence-electron chi connectivity index (χ0n) is 11.9. The molecular formula is C17H19BrO2. The minimum atomic E-state index is -0.498. The van der Waals surface area contributed by atoms with Gasteiger partial charge < -0.3 is 9.84 Å². The van der Waals surface area contributed by atoms with Gasteiger partial charge in [-0.3, -0.25) is 0 Å². The van der Waals surface area contributed by atoms with E-state index in [0.717, 1.165) is 21.5 Å². The second kappa shape index (κ2) is 6.42. The monoisotopic (exact) mass is 334 g/mol. The lowest BCUT2D eigenvalue weighted by molar-refractivity contribution is 0.198. The first-order chi connectivity index (χ1) is 9.47. The fourth-order valence-corrected chi connectivity index (χ4v) is 2.67. The molecule has 0 aromatic heterocycles. The molecule has 1 atom stereocenters. The first kappa shape index (κ1) is 15.1. The van der Waals surface area contributed by atoms with Gasteiger partial charge in [-0.15, -0.1) is 0 Å². The molecule has 0 radical (unpaired) electrons. The molecule has 1 N–H and O–H groups in total. The van der Waals surface area contributed by atoms with Crippen molar-refractivity contribution in [2.24, 2.45) is 0 Å². The van der Waals surface area contributed by atoms with E-state index in [1.807, 2.05) is 30.3 Å². The van der Waals surface area contributed by atoms with Crippen LogP contribution in [-0.2, 0) is 0 Å². The number of halogens is 1. The fourth-order valence-electron chi connectivity index (χ4n) is 1.98. The van der Waals surface area contributed by atoms with E-state index in [4.69, 9.17) is 4.74 Å². The second-order valence-electron chi connectivity index (χ2n) is 5.19. The summed E-state index contributed by atoms with van der Waals surface area (Å²) in [6.45, 7) is 6.06. The summed E-state index contributed by atoms with van der Waals surface area (Å²) in [6.07, 6.45) is -0.498. The summed E-state index contributed by atoms with van der Waals surface area (Å²) in [7, 11) is 0. The van der Waals surface area contributed by atoms with Gasteiger partial charge in [0.1, 0.15) is 11.5 Å². The molecule has 2 nitrogen and oxygen atoms in total. The molecule has 0 saturated heterocycles. The fraction of sp³-hybridized carbons (Fsp3) is 0.294. The topological polar surface area (TPSA) is 29.5 Å². The van der Waals surface area contributed by atoms with Gasteiger partial charge in [-0.1, -0.05) is 48.0 Å². The van der Waals surface area contributed by atoms with E-state index in [1.54, 1.807) is 6.92 Å². The standard InChI is InChI=1S/C17H19BrO2/c1-11(2)13-5-4-6-14(9-13)20-15-7-8-16(12(3)19)17(18)10-15/h4-12,19H,1-3H3. The predicted octanol–water partition coefficient (Wildman–Crippen LogP) is 5.42. The highest BCUT2D eigenvalue weighted by atomic mass is 79.9. The molecule has 1 unspecified atom stereocenters. The third-order valence-corrected chi connectivity index (χ3v) is 3.87. The highest BCUT2D eigenvalue weighted by molar-refractivity contribution is 9.10. The van der Waals surface area contributed by atoms with Crippen LogP contribution in [0.2, 0.25) is 0 Å². The molecular weight excluding hydrogens is 316 g/mol. The predicted molar refractivity (Wildman–Crippen MR) is 85.4 cm³/mol. The van der Waals surface area contributed by atoms with E-state index in [0.29, 0.717) is 5.92 Å². The summed E-state index contributed by atoms with van der Waals surface area (Å²) in [6, 6.07) is 13.7. The smallest absolute Gasteiger partial charge is 0.128 e. The van der Waals surface area contributed by atoms with Crippen LogP contribution in [0.1, 0.15) is 43.9 Å². The maximum atomic E-state index is 9.61. The van der Waals surface area contributed by atoms with E-state index >= 15 is 0 Å². The molecule has 0 spiro atoms. The number of hydrogen-bond donors (Lipinski definition) is 1. The Bertz CT molecular complexity index is 591. The van der Waals surface area contributed by atoms with Crippen molar-refractivity contribution in [1.82, 2.24) is 0 Å². The van der Waals surface area contributed by atoms with Crippen LogP contribution < -0.4 is 4.74 Å². The van der Waals surface area contributed by atoms with Crippen molar-refractivity contribution in [1.29, 1.82) is 0 Å². The van der Waals surface area contributed by atoms with Gasteiger partial charge in [0.25, 0.3) is 0 Å². The van der Waals surface area contributed by atoms with Crippen LogP contribution in [0, 0.1) is 0 Å². The largest absolute Gasteiger partial charge is 0.457 e. The van der Waals surface area contributed by atoms with Gasteiger partial charge in [0.2, 0.25) is 0 Å². The molecule has 0 amide bonds. The summed E-state index contributed by atoms with van der Waals surface area (Å²) in [5.41, 5.74) is 2.11. The van der Waals surface area contributed by atoms with Gasteiger partial charge in [-0.2, -0.15) is 0 Å². The van der Waals surface area contributed by atoms with Crippen LogP contribution in [0.5, 0.6) is 11.5 Å². The minimum absolute atomic E-state index is 0.475. The molecule has 0 bridgehead atoms. The van der Waals surface area contributed by atoms with Crippen LogP contribution in [0.25, 0.3) is 0 Å². The van der Waals surface area contributed by atoms with Gasteiger partial charge in [0.05, 0.1) is 6.10 Å². The Hall–Kier alpha value is -1.32. The second-order valence-corrected chi connectivity index (χ2v) is 6.04. The summed E-state index contributed by atoms with van der Waals surface area (Å²) in [4.78, 5) is 0. The van der Waals surface area contributed by atoms with Crippen molar-refractivity contribution >= 4 is 15.9 Å². The van der Waals surface area contributed by atoms with Gasteiger partial charge in [-0.25, -0.2) is 0 Å². The van der Waals surface area contributed by atoms with Gasteiger partial charge in [-0.05, 0) is 48.2 Å². The molecule has 0 saturated carbocycles. The molecule has 2 aromatic rings. The van der Waals surface area contributed by atoms with Gasteiger partial charge in [0.15, 0.2) is 0 Å². The van der Waals surface area contributed by atoms with Crippen LogP contribution in [0.15, 0.2) is 46.9 Å². The van der Waals surface area contributed by atoms with Crippen molar-refractivity contribution in [2.45, 2.75) is 32.8 Å². The zero-order valence-corrected chi connectivity index (χ0v) is 13.5. The van der Waals surface area contributed by atoms with Gasteiger partial charge in [0, 0.05) is 4.47 Å². The van der Waals surface area contributed by atoms with Crippen molar-refractivity contribution in [3.63, 3.8) is 0 Å². The van der Waals surface area contributed by atoms with E-state index in [1.165, 1.54) is 5.56 Å². The Morgan fingerprint density at radius 3 is 2.30 bits per heavy atom. The lowest BCUT2D eigenvalue weighted by atomic mass is 10.0. The van der Waals surface area contributed by atoms with Crippen LogP contribution in [0.3, 0.4) is 0 Å². The Morgan fingerprint density at radius 1 is 1.00 bits per heavy atom. The SMILES string of the molecule is CC(C)c1cccc(Oc2ccc(C(C)O)c(Br)c2)c1. The number of aliphatic hydroxyl groups excluding tert-OH is 1. The molecule has 0 aliphatic heterocycles. The zero-order chi connectivity index (χ0) is 14.7. The molecule has 2 rings (SSSR count). The molecule has 0 heterocycles. The third-order valence-electron chi connectivity index (χ3n) is 3.18. The van der Waals surface area contributed by atoms with Crippen molar-refractivity contribution in [3.8, 4) is 11.5 Å². The average molecular weight is 335 g/mol. The number of rotatable bonds is 4.